The van der Waals surface area contributed by atoms with Crippen molar-refractivity contribution in [3.63, 3.8) is 0 Å². The third-order valence-electron chi connectivity index (χ3n) is 4.42. The minimum atomic E-state index is 0.751. The summed E-state index contributed by atoms with van der Waals surface area (Å²) in [5.74, 6) is 0.751. The minimum Gasteiger partial charge on any atom is -0.351 e. The van der Waals surface area contributed by atoms with Gasteiger partial charge in [-0.2, -0.15) is 0 Å². The first kappa shape index (κ1) is 15.2. The SMILES string of the molecule is CCCCCCC(CCC)c1ccc2c(ccn2C)c1. The topological polar surface area (TPSA) is 4.93 Å². The fraction of sp³-hybridized carbons (Fsp3) is 0.579. The van der Waals surface area contributed by atoms with E-state index in [0.717, 1.165) is 5.92 Å². The number of fused-ring (bicyclic) bond motifs is 1. The Hall–Kier alpha value is -1.24. The molecule has 0 radical (unpaired) electrons. The molecule has 2 aromatic rings. The van der Waals surface area contributed by atoms with Crippen LogP contribution in [0.4, 0.5) is 0 Å². The summed E-state index contributed by atoms with van der Waals surface area (Å²) in [6, 6.07) is 9.29. The molecule has 0 aliphatic rings. The number of hydrogen-bond donors (Lipinski definition) is 0. The summed E-state index contributed by atoms with van der Waals surface area (Å²) in [7, 11) is 2.12. The second-order valence-electron chi connectivity index (χ2n) is 6.08. The highest BCUT2D eigenvalue weighted by Crippen LogP contribution is 2.30. The molecule has 110 valence electrons. The van der Waals surface area contributed by atoms with Crippen LogP contribution < -0.4 is 0 Å². The van der Waals surface area contributed by atoms with Crippen LogP contribution in [0.3, 0.4) is 0 Å². The van der Waals surface area contributed by atoms with Gasteiger partial charge in [-0.25, -0.2) is 0 Å². The van der Waals surface area contributed by atoms with E-state index in [9.17, 15) is 0 Å². The van der Waals surface area contributed by atoms with Crippen molar-refractivity contribution in [1.82, 2.24) is 4.57 Å². The first-order chi connectivity index (χ1) is 9.76. The monoisotopic (exact) mass is 271 g/mol. The van der Waals surface area contributed by atoms with Crippen molar-refractivity contribution in [3.8, 4) is 0 Å². The molecule has 1 unspecified atom stereocenters. The quantitative estimate of drug-likeness (QED) is 0.516. The molecule has 20 heavy (non-hydrogen) atoms. The van der Waals surface area contributed by atoms with Gasteiger partial charge in [0.25, 0.3) is 0 Å². The van der Waals surface area contributed by atoms with Crippen molar-refractivity contribution in [2.24, 2.45) is 7.05 Å². The molecule has 0 fully saturated rings. The summed E-state index contributed by atoms with van der Waals surface area (Å²) in [6.07, 6.45) is 11.6. The third-order valence-corrected chi connectivity index (χ3v) is 4.42. The number of rotatable bonds is 8. The van der Waals surface area contributed by atoms with Gasteiger partial charge in [0, 0.05) is 18.8 Å². The van der Waals surface area contributed by atoms with E-state index >= 15 is 0 Å². The lowest BCUT2D eigenvalue weighted by Gasteiger charge is -2.17. The second-order valence-corrected chi connectivity index (χ2v) is 6.08. The van der Waals surface area contributed by atoms with Crippen LogP contribution >= 0.6 is 0 Å². The van der Waals surface area contributed by atoms with Crippen LogP contribution in [-0.4, -0.2) is 4.57 Å². The highest BCUT2D eigenvalue weighted by Gasteiger charge is 2.11. The zero-order valence-electron chi connectivity index (χ0n) is 13.4. The normalized spacial score (nSPS) is 12.9. The molecule has 1 heteroatoms. The van der Waals surface area contributed by atoms with E-state index in [0.29, 0.717) is 0 Å². The number of aryl methyl sites for hydroxylation is 1. The van der Waals surface area contributed by atoms with E-state index in [2.05, 4.69) is 55.9 Å². The van der Waals surface area contributed by atoms with Gasteiger partial charge in [0.1, 0.15) is 0 Å². The summed E-state index contributed by atoms with van der Waals surface area (Å²) in [4.78, 5) is 0. The van der Waals surface area contributed by atoms with Crippen LogP contribution in [0.2, 0.25) is 0 Å². The van der Waals surface area contributed by atoms with E-state index in [1.165, 1.54) is 55.8 Å². The molecule has 0 aliphatic carbocycles. The molecule has 1 atom stereocenters. The van der Waals surface area contributed by atoms with Gasteiger partial charge < -0.3 is 4.57 Å². The molecule has 2 rings (SSSR count). The van der Waals surface area contributed by atoms with Crippen LogP contribution in [0.1, 0.15) is 70.3 Å². The lowest BCUT2D eigenvalue weighted by molar-refractivity contribution is 0.521. The molecule has 1 heterocycles. The molecule has 0 saturated heterocycles. The number of benzene rings is 1. The average molecular weight is 271 g/mol. The smallest absolute Gasteiger partial charge is 0.0477 e. The van der Waals surface area contributed by atoms with Gasteiger partial charge in [0.05, 0.1) is 0 Å². The molecule has 0 aliphatic heterocycles. The van der Waals surface area contributed by atoms with Crippen molar-refractivity contribution in [1.29, 1.82) is 0 Å². The summed E-state index contributed by atoms with van der Waals surface area (Å²) in [6.45, 7) is 4.59. The Morgan fingerprint density at radius 3 is 2.55 bits per heavy atom. The number of unbranched alkanes of at least 4 members (excludes halogenated alkanes) is 3. The molecular weight excluding hydrogens is 242 g/mol. The Kier molecular flexibility index (Phi) is 5.70. The summed E-state index contributed by atoms with van der Waals surface area (Å²) in [5.41, 5.74) is 2.89. The Morgan fingerprint density at radius 1 is 0.950 bits per heavy atom. The first-order valence-corrected chi connectivity index (χ1v) is 8.31. The van der Waals surface area contributed by atoms with Crippen LogP contribution in [0.25, 0.3) is 10.9 Å². The maximum atomic E-state index is 2.41. The second kappa shape index (κ2) is 7.52. The lowest BCUT2D eigenvalue weighted by atomic mass is 9.89. The first-order valence-electron chi connectivity index (χ1n) is 8.31. The zero-order chi connectivity index (χ0) is 14.4. The maximum absolute atomic E-state index is 2.41. The van der Waals surface area contributed by atoms with E-state index < -0.39 is 0 Å². The molecule has 0 N–H and O–H groups in total. The van der Waals surface area contributed by atoms with Crippen LogP contribution in [0.15, 0.2) is 30.5 Å². The van der Waals surface area contributed by atoms with Crippen LogP contribution in [0, 0.1) is 0 Å². The fourth-order valence-electron chi connectivity index (χ4n) is 3.20. The number of hydrogen-bond acceptors (Lipinski definition) is 0. The lowest BCUT2D eigenvalue weighted by Crippen LogP contribution is -1.99. The number of aromatic nitrogens is 1. The van der Waals surface area contributed by atoms with Crippen molar-refractivity contribution < 1.29 is 0 Å². The third kappa shape index (κ3) is 3.65. The zero-order valence-corrected chi connectivity index (χ0v) is 13.4. The van der Waals surface area contributed by atoms with Crippen molar-refractivity contribution >= 4 is 10.9 Å². The van der Waals surface area contributed by atoms with Crippen LogP contribution in [-0.2, 0) is 7.05 Å². The molecular formula is C19H29N. The Labute approximate surface area is 124 Å². The van der Waals surface area contributed by atoms with Gasteiger partial charge in [-0.15, -0.1) is 0 Å². The van der Waals surface area contributed by atoms with Gasteiger partial charge in [0.2, 0.25) is 0 Å². The van der Waals surface area contributed by atoms with Gasteiger partial charge in [-0.1, -0.05) is 52.0 Å². The van der Waals surface area contributed by atoms with Gasteiger partial charge in [-0.3, -0.25) is 0 Å². The standard InChI is InChI=1S/C19H29N/c1-4-6-7-8-10-16(9-5-2)17-11-12-19-18(15-17)13-14-20(19)3/h11-16H,4-10H2,1-3H3. The summed E-state index contributed by atoms with van der Waals surface area (Å²) in [5, 5.41) is 1.39. The van der Waals surface area contributed by atoms with E-state index in [4.69, 9.17) is 0 Å². The Bertz CT molecular complexity index is 524. The summed E-state index contributed by atoms with van der Waals surface area (Å²) < 4.78 is 2.20. The highest BCUT2D eigenvalue weighted by atomic mass is 14.9. The predicted octanol–water partition coefficient (Wildman–Crippen LogP) is 6.03. The molecule has 1 aromatic heterocycles. The van der Waals surface area contributed by atoms with E-state index in [1.54, 1.807) is 5.56 Å². The Balaban J connectivity index is 2.09. The average Bonchev–Trinajstić information content (AvgIpc) is 2.83. The van der Waals surface area contributed by atoms with Crippen LogP contribution in [0.5, 0.6) is 0 Å². The predicted molar refractivity (Wildman–Crippen MR) is 89.3 cm³/mol. The van der Waals surface area contributed by atoms with Gasteiger partial charge >= 0.3 is 0 Å². The molecule has 1 aromatic carbocycles. The molecule has 0 amide bonds. The van der Waals surface area contributed by atoms with Crippen molar-refractivity contribution in [2.45, 2.75) is 64.7 Å². The molecule has 0 saturated carbocycles. The van der Waals surface area contributed by atoms with E-state index in [-0.39, 0.29) is 0 Å². The molecule has 1 nitrogen and oxygen atoms in total. The van der Waals surface area contributed by atoms with Gasteiger partial charge in [-0.05, 0) is 47.9 Å². The van der Waals surface area contributed by atoms with Gasteiger partial charge in [0.15, 0.2) is 0 Å². The van der Waals surface area contributed by atoms with E-state index in [1.807, 2.05) is 0 Å². The minimum absolute atomic E-state index is 0.751. The Morgan fingerprint density at radius 2 is 1.80 bits per heavy atom. The fourth-order valence-corrected chi connectivity index (χ4v) is 3.20. The highest BCUT2D eigenvalue weighted by molar-refractivity contribution is 5.80. The van der Waals surface area contributed by atoms with Crippen molar-refractivity contribution in [3.05, 3.63) is 36.0 Å². The maximum Gasteiger partial charge on any atom is 0.0477 e. The molecule has 0 bridgehead atoms. The van der Waals surface area contributed by atoms with Crippen molar-refractivity contribution in [2.75, 3.05) is 0 Å². The number of nitrogens with zero attached hydrogens (tertiary/aromatic N) is 1. The summed E-state index contributed by atoms with van der Waals surface area (Å²) >= 11 is 0. The largest absolute Gasteiger partial charge is 0.351 e. The molecule has 0 spiro atoms.